The van der Waals surface area contributed by atoms with Gasteiger partial charge in [-0.25, -0.2) is 12.8 Å². The quantitative estimate of drug-likeness (QED) is 0.311. The molecule has 0 saturated heterocycles. The molecular formula is C32H38FN3O6S. The summed E-state index contributed by atoms with van der Waals surface area (Å²) in [6.45, 7) is 5.60. The maximum Gasteiger partial charge on any atom is 0.244 e. The third-order valence-corrected chi connectivity index (χ3v) is 8.79. The fourth-order valence-electron chi connectivity index (χ4n) is 4.69. The third kappa shape index (κ3) is 8.25. The summed E-state index contributed by atoms with van der Waals surface area (Å²) in [7, 11) is -3.96. The van der Waals surface area contributed by atoms with Crippen LogP contribution in [0.1, 0.15) is 31.9 Å². The zero-order valence-electron chi connectivity index (χ0n) is 24.7. The van der Waals surface area contributed by atoms with E-state index in [1.165, 1.54) is 24.0 Å². The lowest BCUT2D eigenvalue weighted by Crippen LogP contribution is -2.54. The van der Waals surface area contributed by atoms with Crippen molar-refractivity contribution in [3.05, 3.63) is 89.7 Å². The molecule has 1 aliphatic heterocycles. The number of sulfonamides is 1. The molecule has 1 unspecified atom stereocenters. The van der Waals surface area contributed by atoms with Gasteiger partial charge in [-0.05, 0) is 36.6 Å². The summed E-state index contributed by atoms with van der Waals surface area (Å²) >= 11 is 0. The van der Waals surface area contributed by atoms with Crippen molar-refractivity contribution in [2.24, 2.45) is 5.92 Å². The molecule has 0 aliphatic carbocycles. The van der Waals surface area contributed by atoms with Crippen LogP contribution >= 0.6 is 0 Å². The molecule has 3 aromatic carbocycles. The van der Waals surface area contributed by atoms with Crippen LogP contribution in [-0.4, -0.2) is 63.2 Å². The van der Waals surface area contributed by atoms with Gasteiger partial charge in [0.05, 0.1) is 11.4 Å². The second-order valence-corrected chi connectivity index (χ2v) is 12.9. The molecule has 3 aromatic rings. The van der Waals surface area contributed by atoms with E-state index in [9.17, 15) is 22.4 Å². The zero-order valence-corrected chi connectivity index (χ0v) is 25.5. The van der Waals surface area contributed by atoms with Crippen molar-refractivity contribution < 1.29 is 31.9 Å². The van der Waals surface area contributed by atoms with Crippen LogP contribution in [-0.2, 0) is 32.6 Å². The average Bonchev–Trinajstić information content (AvgIpc) is 3.01. The topological polar surface area (TPSA) is 105 Å². The Hall–Kier alpha value is -4.12. The summed E-state index contributed by atoms with van der Waals surface area (Å²) in [6, 6.07) is 18.8. The predicted molar refractivity (Wildman–Crippen MR) is 163 cm³/mol. The Morgan fingerprint density at radius 2 is 1.63 bits per heavy atom. The molecule has 43 heavy (non-hydrogen) atoms. The summed E-state index contributed by atoms with van der Waals surface area (Å²) in [5.41, 5.74) is 1.22. The molecule has 2 amide bonds. The number of nitrogens with one attached hydrogen (secondary N) is 1. The van der Waals surface area contributed by atoms with E-state index >= 15 is 0 Å². The van der Waals surface area contributed by atoms with Gasteiger partial charge in [0.2, 0.25) is 21.8 Å². The second kappa shape index (κ2) is 14.4. The molecule has 0 bridgehead atoms. The normalized spacial score (nSPS) is 13.3. The number of nitrogens with zero attached hydrogens (tertiary/aromatic N) is 2. The Balaban J connectivity index is 1.75. The Morgan fingerprint density at radius 3 is 2.30 bits per heavy atom. The number of fused-ring (bicyclic) bond motifs is 1. The van der Waals surface area contributed by atoms with Crippen LogP contribution in [0.3, 0.4) is 0 Å². The zero-order chi connectivity index (χ0) is 31.0. The molecule has 0 saturated carbocycles. The lowest BCUT2D eigenvalue weighted by Gasteiger charge is -2.34. The maximum atomic E-state index is 14.9. The van der Waals surface area contributed by atoms with E-state index in [4.69, 9.17) is 9.47 Å². The lowest BCUT2D eigenvalue weighted by molar-refractivity contribution is -0.140. The summed E-state index contributed by atoms with van der Waals surface area (Å²) in [4.78, 5) is 29.2. The number of halogens is 1. The molecule has 11 heteroatoms. The molecule has 0 radical (unpaired) electrons. The Morgan fingerprint density at radius 1 is 0.953 bits per heavy atom. The van der Waals surface area contributed by atoms with Crippen molar-refractivity contribution >= 4 is 27.5 Å². The SMILES string of the molecule is CCS(=O)(=O)N(CC(=O)N(Cc1ccccc1F)C(Cc1ccccc1)C(=O)NCC(C)C)c1ccc2c(c1)OCCO2. The van der Waals surface area contributed by atoms with Gasteiger partial charge in [-0.3, -0.25) is 13.9 Å². The number of carbonyl (C=O) groups is 2. The number of rotatable bonds is 13. The molecule has 0 fully saturated rings. The van der Waals surface area contributed by atoms with E-state index in [0.29, 0.717) is 31.3 Å². The van der Waals surface area contributed by atoms with E-state index in [0.717, 1.165) is 9.87 Å². The summed E-state index contributed by atoms with van der Waals surface area (Å²) < 4.78 is 53.9. The highest BCUT2D eigenvalue weighted by molar-refractivity contribution is 7.92. The first-order chi connectivity index (χ1) is 20.6. The van der Waals surface area contributed by atoms with E-state index < -0.39 is 40.2 Å². The summed E-state index contributed by atoms with van der Waals surface area (Å²) in [5.74, 6) is -0.887. The molecule has 230 valence electrons. The number of hydrogen-bond acceptors (Lipinski definition) is 6. The van der Waals surface area contributed by atoms with Crippen LogP contribution in [0.4, 0.5) is 10.1 Å². The van der Waals surface area contributed by atoms with Crippen molar-refractivity contribution in [2.45, 2.75) is 39.8 Å². The highest BCUT2D eigenvalue weighted by Gasteiger charge is 2.34. The highest BCUT2D eigenvalue weighted by atomic mass is 32.2. The third-order valence-electron chi connectivity index (χ3n) is 7.05. The minimum atomic E-state index is -3.96. The number of anilines is 1. The first-order valence-corrected chi connectivity index (χ1v) is 15.9. The summed E-state index contributed by atoms with van der Waals surface area (Å²) in [5, 5.41) is 2.91. The van der Waals surface area contributed by atoms with Crippen LogP contribution in [0.25, 0.3) is 0 Å². The number of amides is 2. The largest absolute Gasteiger partial charge is 0.486 e. The van der Waals surface area contributed by atoms with Gasteiger partial charge >= 0.3 is 0 Å². The van der Waals surface area contributed by atoms with Crippen LogP contribution in [0.2, 0.25) is 0 Å². The van der Waals surface area contributed by atoms with Gasteiger partial charge in [0.1, 0.15) is 31.6 Å². The van der Waals surface area contributed by atoms with Gasteiger partial charge < -0.3 is 19.7 Å². The van der Waals surface area contributed by atoms with Crippen molar-refractivity contribution in [1.29, 1.82) is 0 Å². The molecule has 1 heterocycles. The standard InChI is InChI=1S/C32H38FN3O6S/c1-4-43(39,40)36(26-14-15-29-30(19-26)42-17-16-41-29)22-31(37)35(21-25-12-8-9-13-27(25)33)28(32(38)34-20-23(2)3)18-24-10-6-5-7-11-24/h5-15,19,23,28H,4,16-18,20-22H2,1-3H3,(H,34,38). The van der Waals surface area contributed by atoms with Crippen molar-refractivity contribution in [2.75, 3.05) is 36.4 Å². The molecule has 1 atom stereocenters. The van der Waals surface area contributed by atoms with Gasteiger partial charge in [0.15, 0.2) is 11.5 Å². The smallest absolute Gasteiger partial charge is 0.244 e. The number of carbonyl (C=O) groups excluding carboxylic acids is 2. The van der Waals surface area contributed by atoms with Gasteiger partial charge in [-0.2, -0.15) is 0 Å². The Bertz CT molecular complexity index is 1520. The van der Waals surface area contributed by atoms with E-state index in [-0.39, 0.29) is 35.9 Å². The number of ether oxygens (including phenoxy) is 2. The Kier molecular flexibility index (Phi) is 10.6. The van der Waals surface area contributed by atoms with E-state index in [1.807, 2.05) is 44.2 Å². The van der Waals surface area contributed by atoms with Crippen LogP contribution < -0.4 is 19.1 Å². The fraction of sp³-hybridized carbons (Fsp3) is 0.375. The predicted octanol–water partition coefficient (Wildman–Crippen LogP) is 4.17. The summed E-state index contributed by atoms with van der Waals surface area (Å²) in [6.07, 6.45) is 0.148. The fourth-order valence-corrected chi connectivity index (χ4v) is 5.75. The van der Waals surface area contributed by atoms with Crippen molar-refractivity contribution in [3.63, 3.8) is 0 Å². The van der Waals surface area contributed by atoms with E-state index in [1.54, 1.807) is 30.3 Å². The van der Waals surface area contributed by atoms with Gasteiger partial charge in [0, 0.05) is 31.1 Å². The van der Waals surface area contributed by atoms with Gasteiger partial charge in [-0.15, -0.1) is 0 Å². The minimum absolute atomic E-state index is 0.148. The maximum absolute atomic E-state index is 14.9. The second-order valence-electron chi connectivity index (χ2n) is 10.7. The molecular weight excluding hydrogens is 573 g/mol. The van der Waals surface area contributed by atoms with Crippen molar-refractivity contribution in [3.8, 4) is 11.5 Å². The number of benzene rings is 3. The first-order valence-electron chi connectivity index (χ1n) is 14.3. The van der Waals surface area contributed by atoms with Crippen LogP contribution in [0, 0.1) is 11.7 Å². The highest BCUT2D eigenvalue weighted by Crippen LogP contribution is 2.35. The number of hydrogen-bond donors (Lipinski definition) is 1. The van der Waals surface area contributed by atoms with Gasteiger partial charge in [-0.1, -0.05) is 62.4 Å². The lowest BCUT2D eigenvalue weighted by atomic mass is 10.0. The van der Waals surface area contributed by atoms with E-state index in [2.05, 4.69) is 5.32 Å². The monoisotopic (exact) mass is 611 g/mol. The molecule has 1 aliphatic rings. The molecule has 0 aromatic heterocycles. The molecule has 1 N–H and O–H groups in total. The molecule has 4 rings (SSSR count). The molecule has 0 spiro atoms. The first kappa shape index (κ1) is 31.8. The van der Waals surface area contributed by atoms with Gasteiger partial charge in [0.25, 0.3) is 0 Å². The average molecular weight is 612 g/mol. The van der Waals surface area contributed by atoms with Crippen molar-refractivity contribution in [1.82, 2.24) is 10.2 Å². The minimum Gasteiger partial charge on any atom is -0.486 e. The van der Waals surface area contributed by atoms with Crippen LogP contribution in [0.15, 0.2) is 72.8 Å². The Labute approximate surface area is 252 Å². The molecule has 9 nitrogen and oxygen atoms in total. The van der Waals surface area contributed by atoms with Crippen LogP contribution in [0.5, 0.6) is 11.5 Å².